The molecule has 0 amide bonds. The van der Waals surface area contributed by atoms with E-state index < -0.39 is 0 Å². The number of terminal acetylenes is 1. The van der Waals surface area contributed by atoms with E-state index in [2.05, 4.69) is 5.92 Å². The van der Waals surface area contributed by atoms with Crippen molar-refractivity contribution in [3.8, 4) is 23.8 Å². The molecule has 1 rings (SSSR count). The number of rotatable bonds is 4. The Morgan fingerprint density at radius 3 is 2.79 bits per heavy atom. The molecular weight excluding hydrogens is 176 g/mol. The van der Waals surface area contributed by atoms with Gasteiger partial charge in [-0.1, -0.05) is 6.07 Å². The molecule has 2 nitrogen and oxygen atoms in total. The van der Waals surface area contributed by atoms with Crippen LogP contribution >= 0.6 is 0 Å². The van der Waals surface area contributed by atoms with Gasteiger partial charge in [-0.2, -0.15) is 0 Å². The monoisotopic (exact) mass is 190 g/mol. The average Bonchev–Trinajstić information content (AvgIpc) is 2.18. The van der Waals surface area contributed by atoms with Gasteiger partial charge in [0.25, 0.3) is 0 Å². The summed E-state index contributed by atoms with van der Waals surface area (Å²) in [7, 11) is 1.63. The molecule has 0 radical (unpaired) electrons. The zero-order valence-electron chi connectivity index (χ0n) is 8.49. The molecule has 1 aromatic rings. The highest BCUT2D eigenvalue weighted by Crippen LogP contribution is 2.20. The van der Waals surface area contributed by atoms with Crippen LogP contribution in [-0.4, -0.2) is 13.2 Å². The fourth-order valence-electron chi connectivity index (χ4n) is 1.11. The molecule has 0 aliphatic rings. The van der Waals surface area contributed by atoms with Crippen molar-refractivity contribution in [2.24, 2.45) is 0 Å². The van der Waals surface area contributed by atoms with Gasteiger partial charge in [0, 0.05) is 12.5 Å². The van der Waals surface area contributed by atoms with Crippen molar-refractivity contribution < 1.29 is 9.47 Å². The fourth-order valence-corrected chi connectivity index (χ4v) is 1.11. The van der Waals surface area contributed by atoms with Gasteiger partial charge in [0.05, 0.1) is 7.11 Å². The predicted octanol–water partition coefficient (Wildman–Crippen LogP) is 2.49. The third kappa shape index (κ3) is 3.02. The SMILES string of the molecule is C#CCC(C)Oc1cccc(OC)c1. The van der Waals surface area contributed by atoms with Gasteiger partial charge in [-0.3, -0.25) is 0 Å². The second kappa shape index (κ2) is 5.18. The van der Waals surface area contributed by atoms with Gasteiger partial charge in [0.2, 0.25) is 0 Å². The van der Waals surface area contributed by atoms with E-state index in [9.17, 15) is 0 Å². The minimum absolute atomic E-state index is 0.0344. The summed E-state index contributed by atoms with van der Waals surface area (Å²) in [5.74, 6) is 4.13. The fraction of sp³-hybridized carbons (Fsp3) is 0.333. The van der Waals surface area contributed by atoms with Crippen molar-refractivity contribution in [2.45, 2.75) is 19.4 Å². The lowest BCUT2D eigenvalue weighted by Crippen LogP contribution is -2.10. The lowest BCUT2D eigenvalue weighted by molar-refractivity contribution is 0.226. The quantitative estimate of drug-likeness (QED) is 0.679. The first-order valence-electron chi connectivity index (χ1n) is 4.50. The van der Waals surface area contributed by atoms with Crippen LogP contribution in [0.3, 0.4) is 0 Å². The van der Waals surface area contributed by atoms with Crippen LogP contribution in [0.2, 0.25) is 0 Å². The second-order valence-electron chi connectivity index (χ2n) is 3.02. The van der Waals surface area contributed by atoms with E-state index in [1.165, 1.54) is 0 Å². The van der Waals surface area contributed by atoms with Gasteiger partial charge in [-0.15, -0.1) is 12.3 Å². The van der Waals surface area contributed by atoms with Crippen molar-refractivity contribution in [1.82, 2.24) is 0 Å². The Kier molecular flexibility index (Phi) is 3.87. The summed E-state index contributed by atoms with van der Waals surface area (Å²) in [6.45, 7) is 1.94. The van der Waals surface area contributed by atoms with Crippen molar-refractivity contribution in [3.63, 3.8) is 0 Å². The summed E-state index contributed by atoms with van der Waals surface area (Å²) in [4.78, 5) is 0. The molecule has 14 heavy (non-hydrogen) atoms. The lowest BCUT2D eigenvalue weighted by Gasteiger charge is -2.12. The second-order valence-corrected chi connectivity index (χ2v) is 3.02. The first-order valence-corrected chi connectivity index (χ1v) is 4.50. The van der Waals surface area contributed by atoms with E-state index in [0.717, 1.165) is 11.5 Å². The number of benzene rings is 1. The van der Waals surface area contributed by atoms with E-state index in [1.807, 2.05) is 31.2 Å². The summed E-state index contributed by atoms with van der Waals surface area (Å²) >= 11 is 0. The van der Waals surface area contributed by atoms with Crippen LogP contribution in [0, 0.1) is 12.3 Å². The summed E-state index contributed by atoms with van der Waals surface area (Å²) in [6, 6.07) is 7.48. The van der Waals surface area contributed by atoms with Gasteiger partial charge in [-0.05, 0) is 19.1 Å². The minimum Gasteiger partial charge on any atom is -0.497 e. The Labute approximate surface area is 84.8 Å². The highest BCUT2D eigenvalue weighted by Gasteiger charge is 2.02. The molecule has 0 bridgehead atoms. The topological polar surface area (TPSA) is 18.5 Å². The molecule has 1 aromatic carbocycles. The molecule has 0 saturated heterocycles. The van der Waals surface area contributed by atoms with Crippen LogP contribution < -0.4 is 9.47 Å². The van der Waals surface area contributed by atoms with Crippen LogP contribution in [-0.2, 0) is 0 Å². The van der Waals surface area contributed by atoms with Crippen LogP contribution in [0.15, 0.2) is 24.3 Å². The third-order valence-corrected chi connectivity index (χ3v) is 1.78. The number of hydrogen-bond acceptors (Lipinski definition) is 2. The van der Waals surface area contributed by atoms with Crippen LogP contribution in [0.25, 0.3) is 0 Å². The summed E-state index contributed by atoms with van der Waals surface area (Å²) in [5, 5.41) is 0. The molecule has 1 atom stereocenters. The minimum atomic E-state index is 0.0344. The molecular formula is C12H14O2. The molecule has 0 fully saturated rings. The Bertz CT molecular complexity index is 325. The van der Waals surface area contributed by atoms with Crippen LogP contribution in [0.1, 0.15) is 13.3 Å². The maximum atomic E-state index is 5.57. The molecule has 0 aliphatic heterocycles. The highest BCUT2D eigenvalue weighted by atomic mass is 16.5. The van der Waals surface area contributed by atoms with Crippen LogP contribution in [0.5, 0.6) is 11.5 Å². The van der Waals surface area contributed by atoms with E-state index in [0.29, 0.717) is 6.42 Å². The van der Waals surface area contributed by atoms with Crippen molar-refractivity contribution in [3.05, 3.63) is 24.3 Å². The molecule has 1 unspecified atom stereocenters. The maximum absolute atomic E-state index is 5.57. The standard InChI is InChI=1S/C12H14O2/c1-4-6-10(2)14-12-8-5-7-11(9-12)13-3/h1,5,7-10H,6H2,2-3H3. The van der Waals surface area contributed by atoms with E-state index in [4.69, 9.17) is 15.9 Å². The van der Waals surface area contributed by atoms with Gasteiger partial charge in [0.15, 0.2) is 0 Å². The van der Waals surface area contributed by atoms with Gasteiger partial charge >= 0.3 is 0 Å². The van der Waals surface area contributed by atoms with Crippen molar-refractivity contribution >= 4 is 0 Å². The Balaban J connectivity index is 2.63. The molecule has 2 heteroatoms. The number of ether oxygens (including phenoxy) is 2. The molecule has 0 N–H and O–H groups in total. The summed E-state index contributed by atoms with van der Waals surface area (Å²) in [5.41, 5.74) is 0. The molecule has 74 valence electrons. The van der Waals surface area contributed by atoms with Crippen molar-refractivity contribution in [1.29, 1.82) is 0 Å². The van der Waals surface area contributed by atoms with Gasteiger partial charge in [-0.25, -0.2) is 0 Å². The molecule has 0 saturated carbocycles. The predicted molar refractivity (Wildman–Crippen MR) is 56.5 cm³/mol. The van der Waals surface area contributed by atoms with Gasteiger partial charge in [0.1, 0.15) is 17.6 Å². The molecule has 0 spiro atoms. The maximum Gasteiger partial charge on any atom is 0.123 e. The Morgan fingerprint density at radius 1 is 1.43 bits per heavy atom. The zero-order valence-corrected chi connectivity index (χ0v) is 8.49. The van der Waals surface area contributed by atoms with Crippen LogP contribution in [0.4, 0.5) is 0 Å². The van der Waals surface area contributed by atoms with E-state index >= 15 is 0 Å². The Morgan fingerprint density at radius 2 is 2.14 bits per heavy atom. The smallest absolute Gasteiger partial charge is 0.123 e. The first kappa shape index (κ1) is 10.5. The zero-order chi connectivity index (χ0) is 10.4. The van der Waals surface area contributed by atoms with E-state index in [-0.39, 0.29) is 6.10 Å². The number of hydrogen-bond donors (Lipinski definition) is 0. The normalized spacial score (nSPS) is 11.5. The first-order chi connectivity index (χ1) is 6.76. The van der Waals surface area contributed by atoms with Crippen molar-refractivity contribution in [2.75, 3.05) is 7.11 Å². The molecule has 0 aromatic heterocycles. The third-order valence-electron chi connectivity index (χ3n) is 1.78. The summed E-state index contributed by atoms with van der Waals surface area (Å²) < 4.78 is 10.7. The molecule has 0 aliphatic carbocycles. The highest BCUT2D eigenvalue weighted by molar-refractivity contribution is 5.32. The average molecular weight is 190 g/mol. The van der Waals surface area contributed by atoms with E-state index in [1.54, 1.807) is 7.11 Å². The summed E-state index contributed by atoms with van der Waals surface area (Å²) in [6.07, 6.45) is 5.83. The van der Waals surface area contributed by atoms with Gasteiger partial charge < -0.3 is 9.47 Å². The Hall–Kier alpha value is -1.62. The number of methoxy groups -OCH3 is 1. The molecule has 0 heterocycles. The largest absolute Gasteiger partial charge is 0.497 e. The lowest BCUT2D eigenvalue weighted by atomic mass is 10.3.